The van der Waals surface area contributed by atoms with E-state index in [1.807, 2.05) is 0 Å². The first-order chi connectivity index (χ1) is 9.15. The molecule has 0 bridgehead atoms. The molecule has 19 heavy (non-hydrogen) atoms. The first-order valence-corrected chi connectivity index (χ1v) is 5.30. The minimum absolute atomic E-state index is 0.106. The number of aromatic nitrogens is 5. The van der Waals surface area contributed by atoms with Gasteiger partial charge >= 0.3 is 5.97 Å². The van der Waals surface area contributed by atoms with Crippen LogP contribution in [-0.4, -0.2) is 41.9 Å². The quantitative estimate of drug-likeness (QED) is 0.714. The summed E-state index contributed by atoms with van der Waals surface area (Å²) in [5.74, 6) is -1.51. The van der Waals surface area contributed by atoms with Gasteiger partial charge in [0, 0.05) is 6.20 Å². The van der Waals surface area contributed by atoms with Gasteiger partial charge in [-0.2, -0.15) is 0 Å². The number of carbonyl (C=O) groups excluding carboxylic acids is 1. The smallest absolute Gasteiger partial charge is 0.358 e. The van der Waals surface area contributed by atoms with Crippen molar-refractivity contribution >= 4 is 11.9 Å². The maximum absolute atomic E-state index is 11.6. The van der Waals surface area contributed by atoms with E-state index in [1.54, 1.807) is 12.3 Å². The minimum atomic E-state index is -1.19. The van der Waals surface area contributed by atoms with E-state index >= 15 is 0 Å². The van der Waals surface area contributed by atoms with Crippen molar-refractivity contribution in [1.29, 1.82) is 0 Å². The Morgan fingerprint density at radius 2 is 2.26 bits per heavy atom. The molecule has 0 spiro atoms. The van der Waals surface area contributed by atoms with Crippen molar-refractivity contribution in [2.45, 2.75) is 13.1 Å². The molecule has 2 heterocycles. The van der Waals surface area contributed by atoms with E-state index < -0.39 is 5.97 Å². The number of carboxylic acid groups (broad SMARTS) is 1. The molecule has 98 valence electrons. The van der Waals surface area contributed by atoms with Crippen molar-refractivity contribution < 1.29 is 14.7 Å². The summed E-state index contributed by atoms with van der Waals surface area (Å²) in [6.07, 6.45) is 4.15. The lowest BCUT2D eigenvalue weighted by atomic mass is 10.4. The second-order valence-corrected chi connectivity index (χ2v) is 3.58. The van der Waals surface area contributed by atoms with Crippen molar-refractivity contribution in [1.82, 2.24) is 30.3 Å². The number of carbonyl (C=O) groups is 2. The third kappa shape index (κ3) is 3.56. The SMILES string of the molecule is O=C(Cn1cc(C(=O)O)nn1)NCc1ccncn1. The van der Waals surface area contributed by atoms with Crippen LogP contribution in [0, 0.1) is 0 Å². The average Bonchev–Trinajstić information content (AvgIpc) is 2.86. The van der Waals surface area contributed by atoms with Crippen molar-refractivity contribution in [3.05, 3.63) is 36.2 Å². The molecule has 2 N–H and O–H groups in total. The maximum Gasteiger partial charge on any atom is 0.358 e. The summed E-state index contributed by atoms with van der Waals surface area (Å²) < 4.78 is 1.15. The Kier molecular flexibility index (Phi) is 3.76. The van der Waals surface area contributed by atoms with Crippen molar-refractivity contribution in [3.8, 4) is 0 Å². The number of aromatic carboxylic acids is 1. The predicted molar refractivity (Wildman–Crippen MR) is 60.9 cm³/mol. The Morgan fingerprint density at radius 1 is 1.42 bits per heavy atom. The largest absolute Gasteiger partial charge is 0.476 e. The molecular weight excluding hydrogens is 252 g/mol. The molecule has 0 aromatic carbocycles. The fourth-order valence-corrected chi connectivity index (χ4v) is 1.29. The molecule has 0 unspecified atom stereocenters. The summed E-state index contributed by atoms with van der Waals surface area (Å²) in [5, 5.41) is 18.2. The van der Waals surface area contributed by atoms with E-state index in [-0.39, 0.29) is 24.7 Å². The van der Waals surface area contributed by atoms with Crippen LogP contribution in [0.2, 0.25) is 0 Å². The number of hydrogen-bond acceptors (Lipinski definition) is 6. The molecule has 2 aromatic heterocycles. The van der Waals surface area contributed by atoms with Crippen LogP contribution < -0.4 is 5.32 Å². The van der Waals surface area contributed by atoms with Crippen LogP contribution in [0.5, 0.6) is 0 Å². The summed E-state index contributed by atoms with van der Waals surface area (Å²) in [7, 11) is 0. The second kappa shape index (κ2) is 5.67. The molecule has 9 heteroatoms. The first kappa shape index (κ1) is 12.6. The third-order valence-corrected chi connectivity index (χ3v) is 2.17. The molecule has 2 rings (SSSR count). The zero-order valence-corrected chi connectivity index (χ0v) is 9.72. The van der Waals surface area contributed by atoms with Gasteiger partial charge in [-0.05, 0) is 6.07 Å². The molecule has 0 aliphatic heterocycles. The lowest BCUT2D eigenvalue weighted by Gasteiger charge is -2.03. The van der Waals surface area contributed by atoms with Crippen molar-refractivity contribution in [2.75, 3.05) is 0 Å². The molecule has 9 nitrogen and oxygen atoms in total. The van der Waals surface area contributed by atoms with Crippen LogP contribution in [0.25, 0.3) is 0 Å². The van der Waals surface area contributed by atoms with Crippen LogP contribution >= 0.6 is 0 Å². The standard InChI is InChI=1S/C10H10N6O3/c17-9(12-3-7-1-2-11-6-13-7)5-16-4-8(10(18)19)14-15-16/h1-2,4,6H,3,5H2,(H,12,17)(H,18,19). The number of hydrogen-bond donors (Lipinski definition) is 2. The fourth-order valence-electron chi connectivity index (χ4n) is 1.29. The van der Waals surface area contributed by atoms with Gasteiger partial charge in [-0.1, -0.05) is 5.21 Å². The molecule has 0 aliphatic rings. The maximum atomic E-state index is 11.6. The Labute approximate surface area is 107 Å². The van der Waals surface area contributed by atoms with Gasteiger partial charge in [0.1, 0.15) is 12.9 Å². The molecule has 0 fully saturated rings. The zero-order valence-electron chi connectivity index (χ0n) is 9.72. The van der Waals surface area contributed by atoms with E-state index in [4.69, 9.17) is 5.11 Å². The van der Waals surface area contributed by atoms with Gasteiger partial charge in [0.2, 0.25) is 5.91 Å². The van der Waals surface area contributed by atoms with Crippen molar-refractivity contribution in [2.24, 2.45) is 0 Å². The molecule has 0 atom stereocenters. The van der Waals surface area contributed by atoms with Crippen LogP contribution in [0.1, 0.15) is 16.2 Å². The predicted octanol–water partition coefficient (Wildman–Crippen LogP) is -0.917. The second-order valence-electron chi connectivity index (χ2n) is 3.58. The third-order valence-electron chi connectivity index (χ3n) is 2.17. The van der Waals surface area contributed by atoms with E-state index in [0.717, 1.165) is 4.68 Å². The Hall–Kier alpha value is -2.84. The molecule has 0 saturated carbocycles. The van der Waals surface area contributed by atoms with E-state index in [0.29, 0.717) is 5.69 Å². The van der Waals surface area contributed by atoms with Crippen LogP contribution in [0.3, 0.4) is 0 Å². The first-order valence-electron chi connectivity index (χ1n) is 5.30. The Morgan fingerprint density at radius 3 is 2.89 bits per heavy atom. The zero-order chi connectivity index (χ0) is 13.7. The lowest BCUT2D eigenvalue weighted by molar-refractivity contribution is -0.122. The fraction of sp³-hybridized carbons (Fsp3) is 0.200. The summed E-state index contributed by atoms with van der Waals surface area (Å²) in [5.41, 5.74) is 0.469. The Balaban J connectivity index is 1.85. The molecular formula is C10H10N6O3. The van der Waals surface area contributed by atoms with Gasteiger partial charge in [-0.3, -0.25) is 4.79 Å². The minimum Gasteiger partial charge on any atom is -0.476 e. The number of carboxylic acids is 1. The van der Waals surface area contributed by atoms with E-state index in [2.05, 4.69) is 25.6 Å². The molecule has 0 radical (unpaired) electrons. The van der Waals surface area contributed by atoms with Crippen LogP contribution in [0.4, 0.5) is 0 Å². The number of amides is 1. The van der Waals surface area contributed by atoms with Gasteiger partial charge in [-0.15, -0.1) is 5.10 Å². The highest BCUT2D eigenvalue weighted by molar-refractivity contribution is 5.84. The highest BCUT2D eigenvalue weighted by atomic mass is 16.4. The topological polar surface area (TPSA) is 123 Å². The molecule has 0 saturated heterocycles. The Bertz CT molecular complexity index is 582. The monoisotopic (exact) mass is 262 g/mol. The van der Waals surface area contributed by atoms with Gasteiger partial charge in [0.15, 0.2) is 5.69 Å². The normalized spacial score (nSPS) is 10.1. The summed E-state index contributed by atoms with van der Waals surface area (Å²) in [4.78, 5) is 29.9. The highest BCUT2D eigenvalue weighted by Gasteiger charge is 2.10. The van der Waals surface area contributed by atoms with Gasteiger partial charge in [0.25, 0.3) is 0 Å². The number of nitrogens with zero attached hydrogens (tertiary/aromatic N) is 5. The van der Waals surface area contributed by atoms with E-state index in [9.17, 15) is 9.59 Å². The molecule has 1 amide bonds. The van der Waals surface area contributed by atoms with Gasteiger partial charge in [0.05, 0.1) is 18.4 Å². The van der Waals surface area contributed by atoms with Gasteiger partial charge < -0.3 is 10.4 Å². The van der Waals surface area contributed by atoms with E-state index in [1.165, 1.54) is 12.5 Å². The van der Waals surface area contributed by atoms with Crippen LogP contribution in [0.15, 0.2) is 24.8 Å². The molecule has 0 aliphatic carbocycles. The summed E-state index contributed by atoms with van der Waals surface area (Å²) >= 11 is 0. The van der Waals surface area contributed by atoms with Gasteiger partial charge in [-0.25, -0.2) is 19.4 Å². The average molecular weight is 262 g/mol. The number of nitrogens with one attached hydrogen (secondary N) is 1. The van der Waals surface area contributed by atoms with Crippen molar-refractivity contribution in [3.63, 3.8) is 0 Å². The highest BCUT2D eigenvalue weighted by Crippen LogP contribution is 1.93. The summed E-state index contributed by atoms with van der Waals surface area (Å²) in [6.45, 7) is 0.160. The number of rotatable bonds is 5. The lowest BCUT2D eigenvalue weighted by Crippen LogP contribution is -2.27. The molecule has 2 aromatic rings. The van der Waals surface area contributed by atoms with Crippen LogP contribution in [-0.2, 0) is 17.9 Å². The summed E-state index contributed by atoms with van der Waals surface area (Å²) in [6, 6.07) is 1.68.